The van der Waals surface area contributed by atoms with E-state index in [0.717, 1.165) is 11.8 Å². The average molecular weight is 233 g/mol. The molecule has 0 aliphatic heterocycles. The van der Waals surface area contributed by atoms with Gasteiger partial charge in [0.2, 0.25) is 0 Å². The molecule has 0 aliphatic rings. The first kappa shape index (κ1) is 10.8. The van der Waals surface area contributed by atoms with Crippen LogP contribution >= 0.6 is 11.8 Å². The molecule has 1 heterocycles. The molecule has 0 saturated heterocycles. The van der Waals surface area contributed by atoms with Gasteiger partial charge in [-0.15, -0.1) is 11.8 Å². The van der Waals surface area contributed by atoms with Crippen molar-refractivity contribution in [3.05, 3.63) is 58.4 Å². The average Bonchev–Trinajstić information content (AvgIpc) is 2.27. The minimum absolute atomic E-state index is 0.000637. The summed E-state index contributed by atoms with van der Waals surface area (Å²) in [4.78, 5) is 13.8. The molecule has 16 heavy (non-hydrogen) atoms. The first-order valence-corrected chi connectivity index (χ1v) is 5.83. The van der Waals surface area contributed by atoms with Crippen LogP contribution in [-0.4, -0.2) is 10.1 Å². The first-order valence-electron chi connectivity index (χ1n) is 4.84. The van der Waals surface area contributed by atoms with Crippen LogP contribution in [0.25, 0.3) is 0 Å². The second-order valence-electron chi connectivity index (χ2n) is 3.34. The minimum atomic E-state index is -0.282. The second-order valence-corrected chi connectivity index (χ2v) is 4.36. The molecule has 3 nitrogen and oxygen atoms in total. The van der Waals surface area contributed by atoms with Crippen molar-refractivity contribution >= 4 is 11.8 Å². The summed E-state index contributed by atoms with van der Waals surface area (Å²) in [6.45, 7) is 0. The predicted molar refractivity (Wildman–Crippen MR) is 64.7 cm³/mol. The van der Waals surface area contributed by atoms with E-state index in [0.29, 0.717) is 5.03 Å². The van der Waals surface area contributed by atoms with E-state index in [4.69, 9.17) is 0 Å². The molecule has 1 aromatic carbocycles. The number of aromatic hydroxyl groups is 1. The topological polar surface area (TPSA) is 53.1 Å². The Balaban J connectivity index is 2.08. The zero-order chi connectivity index (χ0) is 11.4. The number of H-pyrrole nitrogens is 1. The molecule has 2 rings (SSSR count). The van der Waals surface area contributed by atoms with Crippen molar-refractivity contribution in [2.45, 2.75) is 10.8 Å². The Labute approximate surface area is 97.2 Å². The van der Waals surface area contributed by atoms with Crippen LogP contribution in [-0.2, 0) is 5.75 Å². The highest BCUT2D eigenvalue weighted by atomic mass is 32.2. The normalized spacial score (nSPS) is 10.2. The number of nitrogens with one attached hydrogen (secondary N) is 1. The molecular formula is C12H11NO2S. The number of aromatic amines is 1. The number of rotatable bonds is 3. The third kappa shape index (κ3) is 2.90. The van der Waals surface area contributed by atoms with Crippen LogP contribution in [0, 0.1) is 0 Å². The zero-order valence-corrected chi connectivity index (χ0v) is 9.33. The Morgan fingerprint density at radius 1 is 1.19 bits per heavy atom. The van der Waals surface area contributed by atoms with Gasteiger partial charge in [0.25, 0.3) is 5.56 Å². The largest absolute Gasteiger partial charge is 0.508 e. The van der Waals surface area contributed by atoms with Gasteiger partial charge in [-0.3, -0.25) is 4.79 Å². The van der Waals surface area contributed by atoms with Gasteiger partial charge in [0, 0.05) is 17.9 Å². The van der Waals surface area contributed by atoms with Crippen molar-refractivity contribution in [1.82, 2.24) is 4.98 Å². The van der Waals surface area contributed by atoms with Gasteiger partial charge in [0.15, 0.2) is 0 Å². The van der Waals surface area contributed by atoms with E-state index in [1.807, 2.05) is 30.3 Å². The van der Waals surface area contributed by atoms with E-state index in [-0.39, 0.29) is 11.3 Å². The number of hydrogen-bond donors (Lipinski definition) is 2. The summed E-state index contributed by atoms with van der Waals surface area (Å²) in [7, 11) is 0. The number of thioether (sulfide) groups is 1. The molecule has 0 unspecified atom stereocenters. The zero-order valence-electron chi connectivity index (χ0n) is 8.51. The van der Waals surface area contributed by atoms with Crippen LogP contribution in [0.5, 0.6) is 5.75 Å². The molecule has 2 aromatic rings. The third-order valence-corrected chi connectivity index (χ3v) is 3.05. The molecule has 82 valence electrons. The molecule has 4 heteroatoms. The van der Waals surface area contributed by atoms with E-state index in [2.05, 4.69) is 4.98 Å². The van der Waals surface area contributed by atoms with Gasteiger partial charge in [0.05, 0.1) is 5.03 Å². The van der Waals surface area contributed by atoms with Crippen LogP contribution in [0.15, 0.2) is 52.3 Å². The van der Waals surface area contributed by atoms with Crippen molar-refractivity contribution in [1.29, 1.82) is 0 Å². The van der Waals surface area contributed by atoms with Crippen molar-refractivity contribution in [2.75, 3.05) is 0 Å². The van der Waals surface area contributed by atoms with Crippen LogP contribution in [0.1, 0.15) is 5.56 Å². The van der Waals surface area contributed by atoms with E-state index < -0.39 is 0 Å². The summed E-state index contributed by atoms with van der Waals surface area (Å²) in [6.07, 6.45) is 0. The Hall–Kier alpha value is -1.68. The molecule has 0 aliphatic carbocycles. The van der Waals surface area contributed by atoms with Crippen molar-refractivity contribution in [3.63, 3.8) is 0 Å². The Kier molecular flexibility index (Phi) is 3.31. The van der Waals surface area contributed by atoms with E-state index in [9.17, 15) is 9.90 Å². The molecule has 0 atom stereocenters. The van der Waals surface area contributed by atoms with Gasteiger partial charge in [0.1, 0.15) is 5.75 Å². The summed E-state index contributed by atoms with van der Waals surface area (Å²) in [6, 6.07) is 12.7. The van der Waals surface area contributed by atoms with E-state index in [1.54, 1.807) is 6.07 Å². The summed E-state index contributed by atoms with van der Waals surface area (Å²) < 4.78 is 0. The number of aromatic nitrogens is 1. The smallest absolute Gasteiger partial charge is 0.252 e. The predicted octanol–water partition coefficient (Wildman–Crippen LogP) is 2.37. The minimum Gasteiger partial charge on any atom is -0.508 e. The quantitative estimate of drug-likeness (QED) is 0.800. The highest BCUT2D eigenvalue weighted by Crippen LogP contribution is 2.21. The summed E-state index contributed by atoms with van der Waals surface area (Å²) in [5.74, 6) is 0.763. The maximum atomic E-state index is 11.1. The molecule has 0 saturated carbocycles. The fourth-order valence-corrected chi connectivity index (χ4v) is 2.21. The molecule has 0 fully saturated rings. The molecule has 1 aromatic heterocycles. The molecule has 0 spiro atoms. The van der Waals surface area contributed by atoms with Crippen molar-refractivity contribution < 1.29 is 5.11 Å². The Bertz CT molecular complexity index is 522. The lowest BCUT2D eigenvalue weighted by Gasteiger charge is -2.02. The number of benzene rings is 1. The van der Waals surface area contributed by atoms with Gasteiger partial charge in [-0.05, 0) is 5.56 Å². The first-order chi connectivity index (χ1) is 7.74. The summed E-state index contributed by atoms with van der Waals surface area (Å²) >= 11 is 1.49. The Morgan fingerprint density at radius 2 is 1.94 bits per heavy atom. The summed E-state index contributed by atoms with van der Waals surface area (Å²) in [5, 5.41) is 9.93. The van der Waals surface area contributed by atoms with Crippen LogP contribution < -0.4 is 5.56 Å². The van der Waals surface area contributed by atoms with E-state index in [1.165, 1.54) is 17.3 Å². The van der Waals surface area contributed by atoms with Crippen LogP contribution in [0.2, 0.25) is 0 Å². The highest BCUT2D eigenvalue weighted by molar-refractivity contribution is 7.98. The molecule has 0 bridgehead atoms. The maximum Gasteiger partial charge on any atom is 0.252 e. The van der Waals surface area contributed by atoms with Gasteiger partial charge in [-0.25, -0.2) is 0 Å². The van der Waals surface area contributed by atoms with Gasteiger partial charge in [-0.1, -0.05) is 30.3 Å². The molecule has 2 N–H and O–H groups in total. The maximum absolute atomic E-state index is 11.1. The lowest BCUT2D eigenvalue weighted by atomic mass is 10.2. The van der Waals surface area contributed by atoms with Crippen molar-refractivity contribution in [3.8, 4) is 5.75 Å². The molecule has 0 amide bonds. The standard InChI is InChI=1S/C12H11NO2S/c14-10-6-11(15)13-12(7-10)16-8-9-4-2-1-3-5-9/h1-7H,8H2,(H2,13,14,15). The van der Waals surface area contributed by atoms with Crippen LogP contribution in [0.3, 0.4) is 0 Å². The lowest BCUT2D eigenvalue weighted by Crippen LogP contribution is -2.03. The third-order valence-electron chi connectivity index (χ3n) is 2.04. The molecular weight excluding hydrogens is 222 g/mol. The van der Waals surface area contributed by atoms with Gasteiger partial charge >= 0.3 is 0 Å². The van der Waals surface area contributed by atoms with Gasteiger partial charge in [-0.2, -0.15) is 0 Å². The monoisotopic (exact) mass is 233 g/mol. The van der Waals surface area contributed by atoms with Crippen LogP contribution in [0.4, 0.5) is 0 Å². The van der Waals surface area contributed by atoms with Crippen molar-refractivity contribution in [2.24, 2.45) is 0 Å². The SMILES string of the molecule is O=c1cc(O)cc(SCc2ccccc2)[nH]1. The lowest BCUT2D eigenvalue weighted by molar-refractivity contribution is 0.471. The highest BCUT2D eigenvalue weighted by Gasteiger charge is 1.99. The molecule has 0 radical (unpaired) electrons. The number of hydrogen-bond acceptors (Lipinski definition) is 3. The van der Waals surface area contributed by atoms with E-state index >= 15 is 0 Å². The summed E-state index contributed by atoms with van der Waals surface area (Å²) in [5.41, 5.74) is 0.896. The second kappa shape index (κ2) is 4.90. The Morgan fingerprint density at radius 3 is 2.62 bits per heavy atom. The number of pyridine rings is 1. The van der Waals surface area contributed by atoms with Gasteiger partial charge < -0.3 is 10.1 Å². The fourth-order valence-electron chi connectivity index (χ4n) is 1.32. The fraction of sp³-hybridized carbons (Fsp3) is 0.0833.